The first-order valence-corrected chi connectivity index (χ1v) is 7.18. The summed E-state index contributed by atoms with van der Waals surface area (Å²) in [6, 6.07) is 4.66. The summed E-state index contributed by atoms with van der Waals surface area (Å²) in [7, 11) is 1.39. The molecule has 1 aliphatic rings. The van der Waals surface area contributed by atoms with Crippen LogP contribution in [-0.4, -0.2) is 35.6 Å². The molecule has 1 aliphatic heterocycles. The summed E-state index contributed by atoms with van der Waals surface area (Å²) in [6.45, 7) is 3.00. The van der Waals surface area contributed by atoms with Crippen molar-refractivity contribution in [2.24, 2.45) is 0 Å². The molecule has 10 nitrogen and oxygen atoms in total. The summed E-state index contributed by atoms with van der Waals surface area (Å²) in [5.41, 5.74) is -0.0749. The van der Waals surface area contributed by atoms with E-state index in [4.69, 9.17) is 14.6 Å². The third-order valence-corrected chi connectivity index (χ3v) is 3.18. The van der Waals surface area contributed by atoms with E-state index in [-0.39, 0.29) is 23.0 Å². The third-order valence-electron chi connectivity index (χ3n) is 3.18. The summed E-state index contributed by atoms with van der Waals surface area (Å²) in [6.07, 6.45) is 2.87. The van der Waals surface area contributed by atoms with Gasteiger partial charge in [-0.3, -0.25) is 14.9 Å². The van der Waals surface area contributed by atoms with Crippen molar-refractivity contribution in [1.29, 1.82) is 0 Å². The van der Waals surface area contributed by atoms with Crippen LogP contribution in [0.4, 0.5) is 0 Å². The molecule has 0 saturated heterocycles. The van der Waals surface area contributed by atoms with Crippen LogP contribution in [-0.2, 0) is 9.59 Å². The molecule has 0 spiro atoms. The highest BCUT2D eigenvalue weighted by atomic mass is 16.6. The Morgan fingerprint density at radius 3 is 2.69 bits per heavy atom. The summed E-state index contributed by atoms with van der Waals surface area (Å²) >= 11 is 0. The van der Waals surface area contributed by atoms with Gasteiger partial charge in [0.1, 0.15) is 11.5 Å². The Morgan fingerprint density at radius 1 is 1.35 bits per heavy atom. The Morgan fingerprint density at radius 2 is 2.08 bits per heavy atom. The Labute approximate surface area is 147 Å². The van der Waals surface area contributed by atoms with Crippen LogP contribution in [0, 0.1) is 10.1 Å². The van der Waals surface area contributed by atoms with Gasteiger partial charge in [-0.2, -0.15) is 0 Å². The van der Waals surface area contributed by atoms with Crippen molar-refractivity contribution in [3.8, 4) is 11.5 Å². The van der Waals surface area contributed by atoms with Crippen molar-refractivity contribution >= 4 is 18.0 Å². The van der Waals surface area contributed by atoms with Gasteiger partial charge in [-0.1, -0.05) is 18.7 Å². The maximum atomic E-state index is 11.7. The van der Waals surface area contributed by atoms with E-state index in [9.17, 15) is 19.7 Å². The van der Waals surface area contributed by atoms with Crippen molar-refractivity contribution in [2.75, 3.05) is 13.7 Å². The van der Waals surface area contributed by atoms with Crippen LogP contribution in [0.2, 0.25) is 0 Å². The molecule has 0 radical (unpaired) electrons. The molecule has 1 heterocycles. The van der Waals surface area contributed by atoms with Gasteiger partial charge in [0.25, 0.3) is 0 Å². The van der Waals surface area contributed by atoms with Crippen molar-refractivity contribution in [2.45, 2.75) is 0 Å². The van der Waals surface area contributed by atoms with Gasteiger partial charge >= 0.3 is 17.6 Å². The van der Waals surface area contributed by atoms with Gasteiger partial charge in [-0.05, 0) is 23.8 Å². The number of hydrogen-bond donors (Lipinski definition) is 3. The minimum Gasteiger partial charge on any atom is -0.493 e. The molecule has 0 aromatic heterocycles. The predicted molar refractivity (Wildman–Crippen MR) is 89.6 cm³/mol. The SMILES string of the molecule is C=C1NC(=O)C([N+](=O)[O-])=C(/C=C/c2ccc(OCC(=O)O)c(OC)c2)N1. The molecule has 26 heavy (non-hydrogen) atoms. The fourth-order valence-corrected chi connectivity index (χ4v) is 2.10. The summed E-state index contributed by atoms with van der Waals surface area (Å²) in [4.78, 5) is 32.6. The van der Waals surface area contributed by atoms with Gasteiger partial charge < -0.3 is 25.2 Å². The molecule has 2 rings (SSSR count). The number of ether oxygens (including phenoxy) is 2. The second kappa shape index (κ2) is 7.83. The lowest BCUT2D eigenvalue weighted by atomic mass is 10.1. The number of nitrogens with zero attached hydrogens (tertiary/aromatic N) is 1. The van der Waals surface area contributed by atoms with Crippen molar-refractivity contribution in [1.82, 2.24) is 10.6 Å². The zero-order valence-electron chi connectivity index (χ0n) is 13.6. The number of rotatable bonds is 7. The number of carbonyl (C=O) groups is 2. The van der Waals surface area contributed by atoms with E-state index in [1.54, 1.807) is 12.1 Å². The van der Waals surface area contributed by atoms with Crippen molar-refractivity contribution in [3.05, 3.63) is 63.7 Å². The Bertz CT molecular complexity index is 842. The van der Waals surface area contributed by atoms with E-state index >= 15 is 0 Å². The lowest BCUT2D eigenvalue weighted by molar-refractivity contribution is -0.420. The predicted octanol–water partition coefficient (Wildman–Crippen LogP) is 0.851. The first kappa shape index (κ1) is 18.5. The molecule has 0 saturated carbocycles. The molecule has 1 aromatic rings. The maximum absolute atomic E-state index is 11.7. The molecule has 0 bridgehead atoms. The topological polar surface area (TPSA) is 140 Å². The maximum Gasteiger partial charge on any atom is 0.357 e. The van der Waals surface area contributed by atoms with Crippen LogP contribution in [0.3, 0.4) is 0 Å². The number of benzene rings is 1. The summed E-state index contributed by atoms with van der Waals surface area (Å²) in [5.74, 6) is -1.35. The van der Waals surface area contributed by atoms with Gasteiger partial charge in [0.05, 0.1) is 12.0 Å². The molecule has 1 aromatic carbocycles. The van der Waals surface area contributed by atoms with E-state index < -0.39 is 29.1 Å². The monoisotopic (exact) mass is 361 g/mol. The smallest absolute Gasteiger partial charge is 0.357 e. The molecule has 0 unspecified atom stereocenters. The van der Waals surface area contributed by atoms with E-state index in [0.717, 1.165) is 0 Å². The minimum absolute atomic E-state index is 0.0195. The molecule has 0 atom stereocenters. The average molecular weight is 361 g/mol. The van der Waals surface area contributed by atoms with Crippen LogP contribution < -0.4 is 20.1 Å². The van der Waals surface area contributed by atoms with Crippen LogP contribution in [0.5, 0.6) is 11.5 Å². The average Bonchev–Trinajstić information content (AvgIpc) is 2.57. The highest BCUT2D eigenvalue weighted by molar-refractivity contribution is 5.94. The van der Waals surface area contributed by atoms with Crippen molar-refractivity contribution in [3.63, 3.8) is 0 Å². The Hall–Kier alpha value is -3.82. The van der Waals surface area contributed by atoms with Crippen LogP contribution in [0.15, 0.2) is 48.1 Å². The number of nitro groups is 1. The minimum atomic E-state index is -1.13. The lowest BCUT2D eigenvalue weighted by Gasteiger charge is -2.16. The number of methoxy groups -OCH3 is 1. The second-order valence-corrected chi connectivity index (χ2v) is 5.00. The standard InChI is InChI=1S/C16H15N3O7/c1-9-17-11(15(19(23)24)16(22)18-9)5-3-10-4-6-12(13(7-10)25-2)26-8-14(20)21/h3-7,17H,1,8H2,2H3,(H,18,22)(H,20,21)/b5-3+. The quantitative estimate of drug-likeness (QED) is 0.480. The molecular weight excluding hydrogens is 346 g/mol. The zero-order chi connectivity index (χ0) is 19.3. The van der Waals surface area contributed by atoms with Crippen LogP contribution >= 0.6 is 0 Å². The van der Waals surface area contributed by atoms with Crippen molar-refractivity contribution < 1.29 is 29.1 Å². The summed E-state index contributed by atoms with van der Waals surface area (Å²) < 4.78 is 10.2. The largest absolute Gasteiger partial charge is 0.493 e. The van der Waals surface area contributed by atoms with Crippen LogP contribution in [0.1, 0.15) is 5.56 Å². The number of nitrogens with one attached hydrogen (secondary N) is 2. The lowest BCUT2D eigenvalue weighted by Crippen LogP contribution is -2.40. The van der Waals surface area contributed by atoms with Gasteiger partial charge in [-0.15, -0.1) is 0 Å². The Balaban J connectivity index is 2.30. The number of aliphatic carboxylic acids is 1. The van der Waals surface area contributed by atoms with Gasteiger partial charge in [0, 0.05) is 0 Å². The molecule has 0 aliphatic carbocycles. The normalized spacial score (nSPS) is 14.0. The van der Waals surface area contributed by atoms with E-state index in [1.807, 2.05) is 0 Å². The van der Waals surface area contributed by atoms with E-state index in [2.05, 4.69) is 17.2 Å². The van der Waals surface area contributed by atoms with Gasteiger partial charge in [0.15, 0.2) is 18.1 Å². The highest BCUT2D eigenvalue weighted by Gasteiger charge is 2.31. The molecule has 136 valence electrons. The number of carbonyl (C=O) groups excluding carboxylic acids is 1. The highest BCUT2D eigenvalue weighted by Crippen LogP contribution is 2.28. The van der Waals surface area contributed by atoms with E-state index in [1.165, 1.54) is 25.3 Å². The molecule has 10 heteroatoms. The van der Waals surface area contributed by atoms with Gasteiger partial charge in [0.2, 0.25) is 0 Å². The van der Waals surface area contributed by atoms with Crippen LogP contribution in [0.25, 0.3) is 6.08 Å². The first-order chi connectivity index (χ1) is 12.3. The number of carboxylic acid groups (broad SMARTS) is 1. The van der Waals surface area contributed by atoms with Gasteiger partial charge in [-0.25, -0.2) is 4.79 Å². The Kier molecular flexibility index (Phi) is 5.58. The first-order valence-electron chi connectivity index (χ1n) is 7.18. The number of allylic oxidation sites excluding steroid dienone is 1. The number of hydrogen-bond acceptors (Lipinski definition) is 7. The molecular formula is C16H15N3O7. The fraction of sp³-hybridized carbons (Fsp3) is 0.125. The fourth-order valence-electron chi connectivity index (χ4n) is 2.10. The zero-order valence-corrected chi connectivity index (χ0v) is 13.6. The molecule has 0 fully saturated rings. The number of amides is 1. The van der Waals surface area contributed by atoms with E-state index in [0.29, 0.717) is 5.56 Å². The second-order valence-electron chi connectivity index (χ2n) is 5.00. The number of carboxylic acids is 1. The third kappa shape index (κ3) is 4.38. The summed E-state index contributed by atoms with van der Waals surface area (Å²) in [5, 5.41) is 24.6. The molecule has 1 amide bonds. The molecule has 3 N–H and O–H groups in total.